The van der Waals surface area contributed by atoms with Crippen LogP contribution in [-0.4, -0.2) is 4.98 Å². The van der Waals surface area contributed by atoms with Crippen LogP contribution in [0.3, 0.4) is 0 Å². The summed E-state index contributed by atoms with van der Waals surface area (Å²) in [5.41, 5.74) is 7.84. The Balaban J connectivity index is 2.83. The first-order valence-electron chi connectivity index (χ1n) is 3.73. The molecule has 0 bridgehead atoms. The fourth-order valence-electron chi connectivity index (χ4n) is 1.39. The monoisotopic (exact) mass is 164 g/mol. The number of hydrogen-bond acceptors (Lipinski definition) is 1. The summed E-state index contributed by atoms with van der Waals surface area (Å²) in [6.45, 7) is -0.478. The van der Waals surface area contributed by atoms with Crippen molar-refractivity contribution in [2.75, 3.05) is 5.73 Å². The van der Waals surface area contributed by atoms with E-state index in [2.05, 4.69) is 4.98 Å². The van der Waals surface area contributed by atoms with Gasteiger partial charge in [0.25, 0.3) is 0 Å². The summed E-state index contributed by atoms with van der Waals surface area (Å²) < 4.78 is 12.4. The van der Waals surface area contributed by atoms with Crippen molar-refractivity contribution >= 4 is 16.6 Å². The summed E-state index contributed by atoms with van der Waals surface area (Å²) in [6, 6.07) is 5.50. The summed E-state index contributed by atoms with van der Waals surface area (Å²) in [4.78, 5) is 2.96. The third-order valence-corrected chi connectivity index (χ3v) is 1.96. The van der Waals surface area contributed by atoms with Gasteiger partial charge in [-0.3, -0.25) is 0 Å². The Kier molecular flexibility index (Phi) is 1.50. The number of H-pyrrole nitrogens is 1. The van der Waals surface area contributed by atoms with Crippen molar-refractivity contribution < 1.29 is 4.39 Å². The van der Waals surface area contributed by atoms with E-state index in [1.165, 1.54) is 0 Å². The number of fused-ring (bicyclic) bond motifs is 1. The second-order valence-corrected chi connectivity index (χ2v) is 2.72. The summed E-state index contributed by atoms with van der Waals surface area (Å²) >= 11 is 0. The van der Waals surface area contributed by atoms with Gasteiger partial charge < -0.3 is 10.7 Å². The van der Waals surface area contributed by atoms with E-state index < -0.39 is 6.67 Å². The normalized spacial score (nSPS) is 10.8. The number of rotatable bonds is 1. The maximum atomic E-state index is 12.4. The number of aromatic nitrogens is 1. The smallest absolute Gasteiger partial charge is 0.117 e. The maximum Gasteiger partial charge on any atom is 0.117 e. The zero-order valence-corrected chi connectivity index (χ0v) is 6.47. The summed E-state index contributed by atoms with van der Waals surface area (Å²) in [5.74, 6) is 0. The minimum absolute atomic E-state index is 0.478. The molecule has 0 aliphatic carbocycles. The highest BCUT2D eigenvalue weighted by atomic mass is 19.1. The lowest BCUT2D eigenvalue weighted by atomic mass is 10.1. The Morgan fingerprint density at radius 2 is 2.25 bits per heavy atom. The van der Waals surface area contributed by atoms with Crippen LogP contribution in [0.2, 0.25) is 0 Å². The van der Waals surface area contributed by atoms with E-state index >= 15 is 0 Å². The van der Waals surface area contributed by atoms with E-state index in [0.29, 0.717) is 11.3 Å². The SMILES string of the molecule is Nc1cccc2[nH]cc(CF)c12. The zero-order chi connectivity index (χ0) is 8.55. The van der Waals surface area contributed by atoms with Crippen molar-refractivity contribution in [2.24, 2.45) is 0 Å². The molecule has 0 unspecified atom stereocenters. The molecule has 0 amide bonds. The van der Waals surface area contributed by atoms with Gasteiger partial charge in [-0.05, 0) is 12.1 Å². The Hall–Kier alpha value is -1.51. The number of hydrogen-bond donors (Lipinski definition) is 2. The zero-order valence-electron chi connectivity index (χ0n) is 6.47. The lowest BCUT2D eigenvalue weighted by Crippen LogP contribution is -1.86. The second kappa shape index (κ2) is 2.52. The Morgan fingerprint density at radius 3 is 3.00 bits per heavy atom. The first kappa shape index (κ1) is 7.16. The molecule has 0 fully saturated rings. The maximum absolute atomic E-state index is 12.4. The molecule has 1 heterocycles. The van der Waals surface area contributed by atoms with Crippen LogP contribution in [-0.2, 0) is 6.67 Å². The number of nitrogens with two attached hydrogens (primary N) is 1. The number of alkyl halides is 1. The standard InChI is InChI=1S/C9H9FN2/c10-4-6-5-12-8-3-1-2-7(11)9(6)8/h1-3,5,12H,4,11H2. The molecule has 62 valence electrons. The van der Waals surface area contributed by atoms with E-state index in [1.807, 2.05) is 12.1 Å². The fraction of sp³-hybridized carbons (Fsp3) is 0.111. The topological polar surface area (TPSA) is 41.8 Å². The highest BCUT2D eigenvalue weighted by Gasteiger charge is 2.04. The number of aromatic amines is 1. The van der Waals surface area contributed by atoms with Gasteiger partial charge in [0.15, 0.2) is 0 Å². The molecule has 12 heavy (non-hydrogen) atoms. The third-order valence-electron chi connectivity index (χ3n) is 1.96. The molecule has 0 saturated heterocycles. The fourth-order valence-corrected chi connectivity index (χ4v) is 1.39. The largest absolute Gasteiger partial charge is 0.398 e. The van der Waals surface area contributed by atoms with Gasteiger partial charge in [-0.25, -0.2) is 4.39 Å². The van der Waals surface area contributed by atoms with Crippen molar-refractivity contribution in [3.05, 3.63) is 30.0 Å². The van der Waals surface area contributed by atoms with Gasteiger partial charge in [0.05, 0.1) is 0 Å². The number of nitrogens with one attached hydrogen (secondary N) is 1. The molecular formula is C9H9FN2. The van der Waals surface area contributed by atoms with Crippen molar-refractivity contribution in [3.63, 3.8) is 0 Å². The van der Waals surface area contributed by atoms with E-state index in [4.69, 9.17) is 5.73 Å². The molecule has 0 aliphatic heterocycles. The van der Waals surface area contributed by atoms with Crippen LogP contribution in [0, 0.1) is 0 Å². The van der Waals surface area contributed by atoms with Gasteiger partial charge in [0.1, 0.15) is 6.67 Å². The van der Waals surface area contributed by atoms with Gasteiger partial charge in [-0.2, -0.15) is 0 Å². The first-order valence-corrected chi connectivity index (χ1v) is 3.73. The molecule has 0 aliphatic rings. The minimum atomic E-state index is -0.478. The Morgan fingerprint density at radius 1 is 1.42 bits per heavy atom. The van der Waals surface area contributed by atoms with Crippen molar-refractivity contribution in [2.45, 2.75) is 6.67 Å². The first-order chi connectivity index (χ1) is 5.83. The molecule has 1 aromatic carbocycles. The quantitative estimate of drug-likeness (QED) is 0.623. The molecule has 0 radical (unpaired) electrons. The van der Waals surface area contributed by atoms with Gasteiger partial charge in [-0.15, -0.1) is 0 Å². The number of nitrogen functional groups attached to an aromatic ring is 1. The minimum Gasteiger partial charge on any atom is -0.398 e. The van der Waals surface area contributed by atoms with Gasteiger partial charge in [0, 0.05) is 28.4 Å². The Labute approximate surface area is 69.2 Å². The lowest BCUT2D eigenvalue weighted by Gasteiger charge is -1.96. The van der Waals surface area contributed by atoms with Crippen molar-refractivity contribution in [3.8, 4) is 0 Å². The average molecular weight is 164 g/mol. The molecule has 0 spiro atoms. The van der Waals surface area contributed by atoms with Crippen LogP contribution < -0.4 is 5.73 Å². The molecule has 0 saturated carbocycles. The molecule has 2 aromatic rings. The van der Waals surface area contributed by atoms with Crippen LogP contribution in [0.4, 0.5) is 10.1 Å². The Bertz CT molecular complexity index is 406. The van der Waals surface area contributed by atoms with Crippen LogP contribution in [0.1, 0.15) is 5.56 Å². The molecule has 2 rings (SSSR count). The van der Waals surface area contributed by atoms with Crippen LogP contribution in [0.25, 0.3) is 10.9 Å². The molecular weight excluding hydrogens is 155 g/mol. The van der Waals surface area contributed by atoms with E-state index in [1.54, 1.807) is 12.3 Å². The molecule has 0 atom stereocenters. The number of halogens is 1. The highest BCUT2D eigenvalue weighted by molar-refractivity contribution is 5.93. The molecule has 1 aromatic heterocycles. The summed E-state index contributed by atoms with van der Waals surface area (Å²) in [5, 5.41) is 0.806. The number of benzene rings is 1. The van der Waals surface area contributed by atoms with E-state index in [9.17, 15) is 4.39 Å². The number of anilines is 1. The highest BCUT2D eigenvalue weighted by Crippen LogP contribution is 2.24. The molecule has 3 heteroatoms. The third kappa shape index (κ3) is 0.863. The average Bonchev–Trinajstić information content (AvgIpc) is 2.49. The lowest BCUT2D eigenvalue weighted by molar-refractivity contribution is 0.488. The van der Waals surface area contributed by atoms with Gasteiger partial charge >= 0.3 is 0 Å². The van der Waals surface area contributed by atoms with E-state index in [-0.39, 0.29) is 0 Å². The van der Waals surface area contributed by atoms with Crippen molar-refractivity contribution in [1.29, 1.82) is 0 Å². The van der Waals surface area contributed by atoms with Gasteiger partial charge in [0.2, 0.25) is 0 Å². The van der Waals surface area contributed by atoms with E-state index in [0.717, 1.165) is 10.9 Å². The van der Waals surface area contributed by atoms with Crippen LogP contribution in [0.5, 0.6) is 0 Å². The predicted octanol–water partition coefficient (Wildman–Crippen LogP) is 2.22. The molecule has 2 nitrogen and oxygen atoms in total. The van der Waals surface area contributed by atoms with Crippen LogP contribution >= 0.6 is 0 Å². The van der Waals surface area contributed by atoms with Crippen molar-refractivity contribution in [1.82, 2.24) is 4.98 Å². The van der Waals surface area contributed by atoms with Crippen LogP contribution in [0.15, 0.2) is 24.4 Å². The second-order valence-electron chi connectivity index (χ2n) is 2.72. The molecule has 3 N–H and O–H groups in total. The predicted molar refractivity (Wildman–Crippen MR) is 47.5 cm³/mol. The van der Waals surface area contributed by atoms with Gasteiger partial charge in [-0.1, -0.05) is 6.07 Å². The summed E-state index contributed by atoms with van der Waals surface area (Å²) in [7, 11) is 0. The summed E-state index contributed by atoms with van der Waals surface area (Å²) in [6.07, 6.45) is 1.65.